The zero-order valence-electron chi connectivity index (χ0n) is 13.4. The molecule has 2 aliphatic rings. The summed E-state index contributed by atoms with van der Waals surface area (Å²) in [5, 5.41) is 11.3. The molecule has 2 unspecified atom stereocenters. The summed E-state index contributed by atoms with van der Waals surface area (Å²) in [4.78, 5) is 12.3. The number of rotatable bonds is 4. The number of hydrogen-bond acceptors (Lipinski definition) is 3. The molecule has 2 atom stereocenters. The number of piperidine rings is 1. The monoisotopic (exact) mass is 344 g/mol. The SMILES string of the molecule is O=C(CC1CC2CCC(C1)N2)Nc1ccc(-n2cccn2)c(Cl)c1. The van der Waals surface area contributed by atoms with Crippen LogP contribution in [0.4, 0.5) is 5.69 Å². The van der Waals surface area contributed by atoms with Gasteiger partial charge in [-0.25, -0.2) is 4.68 Å². The lowest BCUT2D eigenvalue weighted by Gasteiger charge is -2.28. The van der Waals surface area contributed by atoms with Crippen LogP contribution >= 0.6 is 11.6 Å². The first kappa shape index (κ1) is 15.7. The summed E-state index contributed by atoms with van der Waals surface area (Å²) in [5.41, 5.74) is 1.53. The normalized spacial score (nSPS) is 25.6. The number of carbonyl (C=O) groups is 1. The minimum absolute atomic E-state index is 0.0733. The largest absolute Gasteiger partial charge is 0.326 e. The highest BCUT2D eigenvalue weighted by atomic mass is 35.5. The number of halogens is 1. The molecule has 0 saturated carbocycles. The fraction of sp³-hybridized carbons (Fsp3) is 0.444. The van der Waals surface area contributed by atoms with Gasteiger partial charge in [-0.2, -0.15) is 5.10 Å². The Labute approximate surface area is 146 Å². The Morgan fingerprint density at radius 3 is 2.79 bits per heavy atom. The summed E-state index contributed by atoms with van der Waals surface area (Å²) in [6, 6.07) is 8.59. The van der Waals surface area contributed by atoms with Gasteiger partial charge in [0.05, 0.1) is 10.7 Å². The van der Waals surface area contributed by atoms with Crippen LogP contribution in [0.25, 0.3) is 5.69 Å². The molecule has 24 heavy (non-hydrogen) atoms. The van der Waals surface area contributed by atoms with E-state index in [-0.39, 0.29) is 5.91 Å². The van der Waals surface area contributed by atoms with E-state index in [1.54, 1.807) is 16.9 Å². The van der Waals surface area contributed by atoms with Crippen molar-refractivity contribution in [2.75, 3.05) is 5.32 Å². The van der Waals surface area contributed by atoms with Gasteiger partial charge in [-0.3, -0.25) is 4.79 Å². The molecular weight excluding hydrogens is 324 g/mol. The molecule has 1 amide bonds. The van der Waals surface area contributed by atoms with Gasteiger partial charge in [-0.15, -0.1) is 0 Å². The number of aromatic nitrogens is 2. The number of carbonyl (C=O) groups excluding carboxylic acids is 1. The number of nitrogens with one attached hydrogen (secondary N) is 2. The molecule has 2 fully saturated rings. The van der Waals surface area contributed by atoms with Crippen molar-refractivity contribution in [2.24, 2.45) is 5.92 Å². The number of hydrogen-bond donors (Lipinski definition) is 2. The van der Waals surface area contributed by atoms with Crippen LogP contribution in [0.2, 0.25) is 5.02 Å². The van der Waals surface area contributed by atoms with Crippen molar-refractivity contribution in [3.8, 4) is 5.69 Å². The first-order valence-electron chi connectivity index (χ1n) is 8.53. The molecule has 0 spiro atoms. The van der Waals surface area contributed by atoms with Gasteiger partial charge >= 0.3 is 0 Å². The van der Waals surface area contributed by atoms with Gasteiger partial charge in [0.25, 0.3) is 0 Å². The van der Waals surface area contributed by atoms with E-state index in [9.17, 15) is 4.79 Å². The summed E-state index contributed by atoms with van der Waals surface area (Å²) in [7, 11) is 0. The number of nitrogens with zero attached hydrogens (tertiary/aromatic N) is 2. The van der Waals surface area contributed by atoms with E-state index < -0.39 is 0 Å². The highest BCUT2D eigenvalue weighted by Crippen LogP contribution is 2.33. The molecule has 1 aromatic heterocycles. The number of benzene rings is 1. The third-order valence-electron chi connectivity index (χ3n) is 5.03. The number of amides is 1. The summed E-state index contributed by atoms with van der Waals surface area (Å²) < 4.78 is 1.71. The van der Waals surface area contributed by atoms with Crippen molar-refractivity contribution in [3.63, 3.8) is 0 Å². The molecular formula is C18H21ClN4O. The highest BCUT2D eigenvalue weighted by Gasteiger charge is 2.34. The fourth-order valence-corrected chi connectivity index (χ4v) is 4.26. The second kappa shape index (κ2) is 6.57. The van der Waals surface area contributed by atoms with Gasteiger partial charge in [-0.05, 0) is 55.9 Å². The smallest absolute Gasteiger partial charge is 0.224 e. The molecule has 4 rings (SSSR count). The maximum atomic E-state index is 12.3. The topological polar surface area (TPSA) is 59.0 Å². The molecule has 2 bridgehead atoms. The molecule has 3 heterocycles. The second-order valence-electron chi connectivity index (χ2n) is 6.84. The highest BCUT2D eigenvalue weighted by molar-refractivity contribution is 6.32. The molecule has 2 saturated heterocycles. The van der Waals surface area contributed by atoms with E-state index in [0.717, 1.165) is 24.2 Å². The Hall–Kier alpha value is -1.85. The Balaban J connectivity index is 1.38. The first-order chi connectivity index (χ1) is 11.7. The van der Waals surface area contributed by atoms with Crippen LogP contribution in [0.1, 0.15) is 32.1 Å². The molecule has 126 valence electrons. The van der Waals surface area contributed by atoms with Gasteiger partial charge < -0.3 is 10.6 Å². The second-order valence-corrected chi connectivity index (χ2v) is 7.25. The summed E-state index contributed by atoms with van der Waals surface area (Å²) in [6.45, 7) is 0. The Morgan fingerprint density at radius 1 is 1.33 bits per heavy atom. The molecule has 0 radical (unpaired) electrons. The van der Waals surface area contributed by atoms with Gasteiger partial charge in [0.1, 0.15) is 0 Å². The van der Waals surface area contributed by atoms with Gasteiger partial charge in [0, 0.05) is 36.6 Å². The fourth-order valence-electron chi connectivity index (χ4n) is 4.00. The van der Waals surface area contributed by atoms with Crippen molar-refractivity contribution in [2.45, 2.75) is 44.2 Å². The average molecular weight is 345 g/mol. The summed E-state index contributed by atoms with van der Waals surface area (Å²) in [6.07, 6.45) is 8.88. The quantitative estimate of drug-likeness (QED) is 0.893. The predicted molar refractivity (Wildman–Crippen MR) is 94.5 cm³/mol. The van der Waals surface area contributed by atoms with Crippen molar-refractivity contribution in [1.82, 2.24) is 15.1 Å². The number of fused-ring (bicyclic) bond motifs is 2. The zero-order chi connectivity index (χ0) is 16.5. The Bertz CT molecular complexity index is 719. The van der Waals surface area contributed by atoms with E-state index in [2.05, 4.69) is 15.7 Å². The molecule has 6 heteroatoms. The van der Waals surface area contributed by atoms with E-state index in [4.69, 9.17) is 11.6 Å². The van der Waals surface area contributed by atoms with Gasteiger partial charge in [-0.1, -0.05) is 11.6 Å². The van der Waals surface area contributed by atoms with E-state index in [0.29, 0.717) is 29.4 Å². The van der Waals surface area contributed by atoms with Crippen LogP contribution in [-0.4, -0.2) is 27.8 Å². The van der Waals surface area contributed by atoms with Gasteiger partial charge in [0.15, 0.2) is 0 Å². The molecule has 5 nitrogen and oxygen atoms in total. The van der Waals surface area contributed by atoms with Crippen LogP contribution in [-0.2, 0) is 4.79 Å². The number of anilines is 1. The molecule has 0 aliphatic carbocycles. The molecule has 2 N–H and O–H groups in total. The third kappa shape index (κ3) is 3.32. The minimum atomic E-state index is 0.0733. The minimum Gasteiger partial charge on any atom is -0.326 e. The maximum absolute atomic E-state index is 12.3. The molecule has 2 aromatic rings. The van der Waals surface area contributed by atoms with Crippen LogP contribution in [0.15, 0.2) is 36.7 Å². The van der Waals surface area contributed by atoms with Crippen molar-refractivity contribution in [1.29, 1.82) is 0 Å². The van der Waals surface area contributed by atoms with Crippen LogP contribution in [0, 0.1) is 5.92 Å². The lowest BCUT2D eigenvalue weighted by Crippen LogP contribution is -2.39. The zero-order valence-corrected chi connectivity index (χ0v) is 14.2. The van der Waals surface area contributed by atoms with Gasteiger partial charge in [0.2, 0.25) is 5.91 Å². The van der Waals surface area contributed by atoms with Crippen molar-refractivity contribution < 1.29 is 4.79 Å². The standard InChI is InChI=1S/C18H21ClN4O/c19-16-11-15(4-5-17(16)23-7-1-6-20-23)22-18(24)10-12-8-13-2-3-14(9-12)21-13/h1,4-7,11-14,21H,2-3,8-10H2,(H,22,24). The van der Waals surface area contributed by atoms with Crippen LogP contribution in [0.5, 0.6) is 0 Å². The molecule has 2 aliphatic heterocycles. The predicted octanol–water partition coefficient (Wildman–Crippen LogP) is 3.38. The first-order valence-corrected chi connectivity index (χ1v) is 8.90. The maximum Gasteiger partial charge on any atom is 0.224 e. The Morgan fingerprint density at radius 2 is 2.12 bits per heavy atom. The van der Waals surface area contributed by atoms with E-state index >= 15 is 0 Å². The van der Waals surface area contributed by atoms with E-state index in [1.165, 1.54) is 12.8 Å². The van der Waals surface area contributed by atoms with E-state index in [1.807, 2.05) is 24.4 Å². The Kier molecular flexibility index (Phi) is 4.29. The summed E-state index contributed by atoms with van der Waals surface area (Å²) in [5.74, 6) is 0.562. The summed E-state index contributed by atoms with van der Waals surface area (Å²) >= 11 is 6.32. The van der Waals surface area contributed by atoms with Crippen molar-refractivity contribution in [3.05, 3.63) is 41.7 Å². The third-order valence-corrected chi connectivity index (χ3v) is 5.33. The lowest BCUT2D eigenvalue weighted by atomic mass is 9.89. The molecule has 1 aromatic carbocycles. The van der Waals surface area contributed by atoms with Crippen LogP contribution in [0.3, 0.4) is 0 Å². The van der Waals surface area contributed by atoms with Crippen molar-refractivity contribution >= 4 is 23.2 Å². The van der Waals surface area contributed by atoms with Crippen LogP contribution < -0.4 is 10.6 Å². The lowest BCUT2D eigenvalue weighted by molar-refractivity contribution is -0.117. The average Bonchev–Trinajstić information content (AvgIpc) is 3.17.